The van der Waals surface area contributed by atoms with Gasteiger partial charge in [-0.2, -0.15) is 0 Å². The molecular formula is C13H19NO3. The topological polar surface area (TPSA) is 60.8 Å². The first-order valence-corrected chi connectivity index (χ1v) is 5.86. The quantitative estimate of drug-likeness (QED) is 0.758. The van der Waals surface area contributed by atoms with Crippen molar-refractivity contribution in [3.05, 3.63) is 30.3 Å². The van der Waals surface area contributed by atoms with Crippen molar-refractivity contribution in [2.24, 2.45) is 0 Å². The predicted octanol–water partition coefficient (Wildman–Crippen LogP) is 1.74. The molecule has 1 rings (SSSR count). The minimum atomic E-state index is -0.892. The van der Waals surface area contributed by atoms with Gasteiger partial charge >= 0.3 is 5.97 Å². The van der Waals surface area contributed by atoms with Gasteiger partial charge in [-0.25, -0.2) is 4.79 Å². The monoisotopic (exact) mass is 237 g/mol. The second-order valence-electron chi connectivity index (χ2n) is 3.90. The third kappa shape index (κ3) is 3.75. The maximum Gasteiger partial charge on any atom is 0.326 e. The van der Waals surface area contributed by atoms with E-state index in [2.05, 4.69) is 0 Å². The smallest absolute Gasteiger partial charge is 0.326 e. The molecule has 0 unspecified atom stereocenters. The Morgan fingerprint density at radius 3 is 2.47 bits per heavy atom. The molecule has 4 heteroatoms. The van der Waals surface area contributed by atoms with Crippen molar-refractivity contribution in [3.63, 3.8) is 0 Å². The van der Waals surface area contributed by atoms with Crippen molar-refractivity contribution >= 4 is 11.7 Å². The van der Waals surface area contributed by atoms with Crippen LogP contribution in [0.5, 0.6) is 0 Å². The molecule has 0 heterocycles. The summed E-state index contributed by atoms with van der Waals surface area (Å²) < 4.78 is 0. The van der Waals surface area contributed by atoms with Gasteiger partial charge in [-0.15, -0.1) is 0 Å². The van der Waals surface area contributed by atoms with Gasteiger partial charge in [0.25, 0.3) is 0 Å². The Kier molecular flexibility index (Phi) is 5.49. The van der Waals surface area contributed by atoms with Crippen molar-refractivity contribution in [1.29, 1.82) is 0 Å². The Balaban J connectivity index is 2.93. The molecule has 0 aliphatic heterocycles. The van der Waals surface area contributed by atoms with Crippen LogP contribution in [-0.2, 0) is 4.79 Å². The summed E-state index contributed by atoms with van der Waals surface area (Å²) in [6, 6.07) is 8.79. The van der Waals surface area contributed by atoms with E-state index in [0.29, 0.717) is 6.54 Å². The standard InChI is InChI=1S/C13H19NO3/c1-2-9-14(11-6-4-3-5-7-11)12(8-10-15)13(16)17/h3-7,12,15H,2,8-10H2,1H3,(H,16,17)/t12-/m0/s1. The largest absolute Gasteiger partial charge is 0.480 e. The number of aliphatic hydroxyl groups excluding tert-OH is 1. The minimum absolute atomic E-state index is 0.121. The summed E-state index contributed by atoms with van der Waals surface area (Å²) >= 11 is 0. The summed E-state index contributed by atoms with van der Waals surface area (Å²) in [4.78, 5) is 13.1. The van der Waals surface area contributed by atoms with E-state index < -0.39 is 12.0 Å². The van der Waals surface area contributed by atoms with Crippen LogP contribution >= 0.6 is 0 Å². The van der Waals surface area contributed by atoms with Gasteiger partial charge in [0.2, 0.25) is 0 Å². The second-order valence-corrected chi connectivity index (χ2v) is 3.90. The third-order valence-electron chi connectivity index (χ3n) is 2.62. The SMILES string of the molecule is CCCN(c1ccccc1)[C@@H](CCO)C(=O)O. The van der Waals surface area contributed by atoms with E-state index in [1.807, 2.05) is 42.2 Å². The molecule has 0 aliphatic rings. The summed E-state index contributed by atoms with van der Waals surface area (Å²) in [7, 11) is 0. The molecule has 0 fully saturated rings. The zero-order chi connectivity index (χ0) is 12.7. The molecule has 94 valence electrons. The van der Waals surface area contributed by atoms with Crippen LogP contribution in [0.3, 0.4) is 0 Å². The van der Waals surface area contributed by atoms with E-state index in [0.717, 1.165) is 12.1 Å². The summed E-state index contributed by atoms with van der Waals surface area (Å²) in [5.74, 6) is -0.892. The molecule has 0 spiro atoms. The van der Waals surface area contributed by atoms with E-state index in [4.69, 9.17) is 5.11 Å². The van der Waals surface area contributed by atoms with Crippen molar-refractivity contribution < 1.29 is 15.0 Å². The van der Waals surface area contributed by atoms with Gasteiger partial charge < -0.3 is 15.1 Å². The molecule has 0 saturated carbocycles. The Morgan fingerprint density at radius 1 is 1.35 bits per heavy atom. The summed E-state index contributed by atoms with van der Waals surface area (Å²) in [5, 5.41) is 18.2. The zero-order valence-corrected chi connectivity index (χ0v) is 10.0. The molecule has 17 heavy (non-hydrogen) atoms. The van der Waals surface area contributed by atoms with Gasteiger partial charge in [0.15, 0.2) is 0 Å². The number of benzene rings is 1. The highest BCUT2D eigenvalue weighted by Crippen LogP contribution is 2.18. The molecule has 0 radical (unpaired) electrons. The van der Waals surface area contributed by atoms with Gasteiger partial charge in [0, 0.05) is 25.3 Å². The fourth-order valence-corrected chi connectivity index (χ4v) is 1.86. The molecule has 2 N–H and O–H groups in total. The number of anilines is 1. The third-order valence-corrected chi connectivity index (χ3v) is 2.62. The van der Waals surface area contributed by atoms with Crippen LogP contribution in [0.4, 0.5) is 5.69 Å². The van der Waals surface area contributed by atoms with Crippen LogP contribution in [-0.4, -0.2) is 35.4 Å². The number of carbonyl (C=O) groups is 1. The van der Waals surface area contributed by atoms with Gasteiger partial charge in [-0.3, -0.25) is 0 Å². The van der Waals surface area contributed by atoms with Gasteiger partial charge in [0.05, 0.1) is 0 Å². The second kappa shape index (κ2) is 6.91. The predicted molar refractivity (Wildman–Crippen MR) is 67.2 cm³/mol. The van der Waals surface area contributed by atoms with Crippen LogP contribution in [0.25, 0.3) is 0 Å². The Labute approximate surface area is 101 Å². The zero-order valence-electron chi connectivity index (χ0n) is 10.0. The maximum atomic E-state index is 11.2. The van der Waals surface area contributed by atoms with E-state index in [9.17, 15) is 9.90 Å². The van der Waals surface area contributed by atoms with Crippen LogP contribution < -0.4 is 4.90 Å². The van der Waals surface area contributed by atoms with Crippen LogP contribution in [0.2, 0.25) is 0 Å². The van der Waals surface area contributed by atoms with Crippen molar-refractivity contribution in [2.45, 2.75) is 25.8 Å². The highest BCUT2D eigenvalue weighted by atomic mass is 16.4. The maximum absolute atomic E-state index is 11.2. The molecule has 0 aromatic heterocycles. The molecule has 1 aromatic rings. The Hall–Kier alpha value is -1.55. The molecule has 0 aliphatic carbocycles. The molecule has 0 saturated heterocycles. The van der Waals surface area contributed by atoms with E-state index in [1.165, 1.54) is 0 Å². The van der Waals surface area contributed by atoms with Gasteiger partial charge in [-0.1, -0.05) is 25.1 Å². The van der Waals surface area contributed by atoms with E-state index >= 15 is 0 Å². The first-order valence-electron chi connectivity index (χ1n) is 5.86. The normalized spacial score (nSPS) is 12.1. The number of nitrogens with zero attached hydrogens (tertiary/aromatic N) is 1. The molecule has 1 aromatic carbocycles. The number of aliphatic carboxylic acids is 1. The number of rotatable bonds is 7. The van der Waals surface area contributed by atoms with Crippen LogP contribution in [0, 0.1) is 0 Å². The van der Waals surface area contributed by atoms with E-state index in [-0.39, 0.29) is 13.0 Å². The van der Waals surface area contributed by atoms with E-state index in [1.54, 1.807) is 0 Å². The van der Waals surface area contributed by atoms with Crippen molar-refractivity contribution in [2.75, 3.05) is 18.1 Å². The van der Waals surface area contributed by atoms with Crippen molar-refractivity contribution in [1.82, 2.24) is 0 Å². The lowest BCUT2D eigenvalue weighted by atomic mass is 10.1. The summed E-state index contributed by atoms with van der Waals surface area (Å²) in [6.45, 7) is 2.55. The van der Waals surface area contributed by atoms with Gasteiger partial charge in [0.1, 0.15) is 6.04 Å². The van der Waals surface area contributed by atoms with Crippen LogP contribution in [0.1, 0.15) is 19.8 Å². The summed E-state index contributed by atoms with van der Waals surface area (Å²) in [6.07, 6.45) is 1.11. The number of hydrogen-bond acceptors (Lipinski definition) is 3. The van der Waals surface area contributed by atoms with Gasteiger partial charge in [-0.05, 0) is 18.6 Å². The Bertz CT molecular complexity index is 340. The number of para-hydroxylation sites is 1. The number of carboxylic acid groups (broad SMARTS) is 1. The first kappa shape index (κ1) is 13.5. The molecule has 0 amide bonds. The average molecular weight is 237 g/mol. The lowest BCUT2D eigenvalue weighted by Gasteiger charge is -2.30. The highest BCUT2D eigenvalue weighted by Gasteiger charge is 2.24. The highest BCUT2D eigenvalue weighted by molar-refractivity contribution is 5.78. The summed E-state index contributed by atoms with van der Waals surface area (Å²) in [5.41, 5.74) is 0.884. The number of hydrogen-bond donors (Lipinski definition) is 2. The van der Waals surface area contributed by atoms with Crippen LogP contribution in [0.15, 0.2) is 30.3 Å². The number of aliphatic hydroxyl groups is 1. The van der Waals surface area contributed by atoms with Crippen molar-refractivity contribution in [3.8, 4) is 0 Å². The lowest BCUT2D eigenvalue weighted by Crippen LogP contribution is -2.42. The fraction of sp³-hybridized carbons (Fsp3) is 0.462. The average Bonchev–Trinajstić information content (AvgIpc) is 2.34. The molecule has 0 bridgehead atoms. The fourth-order valence-electron chi connectivity index (χ4n) is 1.86. The first-order chi connectivity index (χ1) is 8.20. The molecule has 1 atom stereocenters. The lowest BCUT2D eigenvalue weighted by molar-refractivity contribution is -0.139. The minimum Gasteiger partial charge on any atom is -0.480 e. The molecule has 4 nitrogen and oxygen atoms in total. The molecular weight excluding hydrogens is 218 g/mol. The number of carboxylic acids is 1. The Morgan fingerprint density at radius 2 is 2.00 bits per heavy atom.